The highest BCUT2D eigenvalue weighted by molar-refractivity contribution is 5.95. The van der Waals surface area contributed by atoms with Crippen molar-refractivity contribution in [3.8, 4) is 0 Å². The second-order valence-electron chi connectivity index (χ2n) is 7.40. The van der Waals surface area contributed by atoms with Crippen molar-refractivity contribution in [1.82, 2.24) is 0 Å². The maximum Gasteiger partial charge on any atom is 0.314 e. The van der Waals surface area contributed by atoms with Gasteiger partial charge in [0, 0.05) is 6.42 Å². The predicted molar refractivity (Wildman–Crippen MR) is 106 cm³/mol. The summed E-state index contributed by atoms with van der Waals surface area (Å²) in [4.78, 5) is 24.0. The van der Waals surface area contributed by atoms with Crippen LogP contribution in [0.5, 0.6) is 0 Å². The van der Waals surface area contributed by atoms with Crippen LogP contribution in [-0.4, -0.2) is 17.4 Å². The second-order valence-corrected chi connectivity index (χ2v) is 7.40. The van der Waals surface area contributed by atoms with E-state index in [-0.39, 0.29) is 12.2 Å². The zero-order valence-electron chi connectivity index (χ0n) is 16.9. The number of carbonyl (C=O) groups is 2. The number of ketones is 1. The van der Waals surface area contributed by atoms with Gasteiger partial charge in [0.1, 0.15) is 17.8 Å². The molecule has 0 radical (unpaired) electrons. The molecule has 0 aliphatic heterocycles. The van der Waals surface area contributed by atoms with Crippen molar-refractivity contribution in [3.63, 3.8) is 0 Å². The largest absolute Gasteiger partial charge is 0.455 e. The molecular weight excluding hydrogens is 312 g/mol. The van der Waals surface area contributed by atoms with E-state index < -0.39 is 11.6 Å². The first-order valence-corrected chi connectivity index (χ1v) is 9.83. The summed E-state index contributed by atoms with van der Waals surface area (Å²) in [5.74, 6) is -0.457. The highest BCUT2D eigenvalue weighted by Crippen LogP contribution is 2.21. The van der Waals surface area contributed by atoms with Crippen LogP contribution in [0.25, 0.3) is 0 Å². The van der Waals surface area contributed by atoms with E-state index in [4.69, 9.17) is 4.74 Å². The molecule has 0 spiro atoms. The Kier molecular flexibility index (Phi) is 13.1. The summed E-state index contributed by atoms with van der Waals surface area (Å²) in [7, 11) is 0. The van der Waals surface area contributed by atoms with Crippen molar-refractivity contribution >= 4 is 11.8 Å². The quantitative estimate of drug-likeness (QED) is 0.150. The summed E-state index contributed by atoms with van der Waals surface area (Å²) >= 11 is 0. The molecule has 0 saturated heterocycles. The van der Waals surface area contributed by atoms with Crippen LogP contribution in [0.4, 0.5) is 0 Å². The first-order valence-electron chi connectivity index (χ1n) is 9.83. The van der Waals surface area contributed by atoms with Crippen LogP contribution in [0.3, 0.4) is 0 Å². The highest BCUT2D eigenvalue weighted by Gasteiger charge is 2.25. The summed E-state index contributed by atoms with van der Waals surface area (Å²) in [5, 5.41) is 0. The van der Waals surface area contributed by atoms with Gasteiger partial charge >= 0.3 is 5.97 Å². The first kappa shape index (κ1) is 23.6. The lowest BCUT2D eigenvalue weighted by atomic mass is 9.99. The summed E-state index contributed by atoms with van der Waals surface area (Å²) in [6.45, 7) is 11.9. The number of rotatable bonds is 15. The van der Waals surface area contributed by atoms with Gasteiger partial charge in [-0.1, -0.05) is 63.7 Å². The van der Waals surface area contributed by atoms with Gasteiger partial charge in [0.25, 0.3) is 0 Å². The molecule has 3 heteroatoms. The lowest BCUT2D eigenvalue weighted by molar-refractivity contribution is -0.155. The van der Waals surface area contributed by atoms with Gasteiger partial charge in [-0.05, 0) is 46.1 Å². The van der Waals surface area contributed by atoms with E-state index in [1.807, 2.05) is 20.8 Å². The number of esters is 1. The van der Waals surface area contributed by atoms with E-state index in [2.05, 4.69) is 19.6 Å². The van der Waals surface area contributed by atoms with Crippen molar-refractivity contribution in [2.24, 2.45) is 0 Å². The van der Waals surface area contributed by atoms with Gasteiger partial charge in [-0.3, -0.25) is 9.59 Å². The molecule has 1 atom stereocenters. The third-order valence-corrected chi connectivity index (χ3v) is 4.37. The summed E-state index contributed by atoms with van der Waals surface area (Å²) < 4.78 is 5.50. The number of allylic oxidation sites excluding steroid dienone is 2. The Bertz CT molecular complexity index is 433. The van der Waals surface area contributed by atoms with Crippen molar-refractivity contribution in [2.75, 3.05) is 0 Å². The minimum atomic E-state index is -0.706. The molecule has 0 aromatic rings. The van der Waals surface area contributed by atoms with Gasteiger partial charge in [0.15, 0.2) is 0 Å². The molecule has 0 aliphatic rings. The number of hydrogen-bond acceptors (Lipinski definition) is 3. The van der Waals surface area contributed by atoms with E-state index in [1.165, 1.54) is 37.7 Å². The average molecular weight is 351 g/mol. The van der Waals surface area contributed by atoms with E-state index >= 15 is 0 Å². The average Bonchev–Trinajstić information content (AvgIpc) is 2.53. The molecule has 0 fully saturated rings. The molecule has 0 aromatic heterocycles. The fraction of sp³-hybridized carbons (Fsp3) is 0.727. The number of Topliss-reactive ketones (excluding diaryl/α,β-unsaturated/α-hetero) is 1. The van der Waals surface area contributed by atoms with Crippen molar-refractivity contribution in [3.05, 3.63) is 24.3 Å². The Morgan fingerprint density at radius 2 is 1.64 bits per heavy atom. The Morgan fingerprint density at radius 3 is 2.20 bits per heavy atom. The van der Waals surface area contributed by atoms with Gasteiger partial charge < -0.3 is 4.74 Å². The SMILES string of the molecule is C=CC(C)(CCC=C(C)C)OC(=O)CC(=O)CCCCCCCCC. The molecule has 0 saturated carbocycles. The zero-order valence-corrected chi connectivity index (χ0v) is 16.9. The molecule has 0 rings (SSSR count). The second kappa shape index (κ2) is 13.9. The predicted octanol–water partition coefficient (Wildman–Crippen LogP) is 6.32. The zero-order chi connectivity index (χ0) is 19.1. The minimum Gasteiger partial charge on any atom is -0.455 e. The smallest absolute Gasteiger partial charge is 0.314 e. The van der Waals surface area contributed by atoms with Crippen LogP contribution in [-0.2, 0) is 14.3 Å². The molecule has 0 amide bonds. The van der Waals surface area contributed by atoms with Crippen LogP contribution in [0, 0.1) is 0 Å². The molecule has 0 heterocycles. The molecular formula is C22H38O3. The topological polar surface area (TPSA) is 43.4 Å². The Morgan fingerprint density at radius 1 is 1.04 bits per heavy atom. The lowest BCUT2D eigenvalue weighted by Gasteiger charge is -2.25. The van der Waals surface area contributed by atoms with E-state index in [1.54, 1.807) is 6.08 Å². The Balaban J connectivity index is 4.02. The summed E-state index contributed by atoms with van der Waals surface area (Å²) in [6.07, 6.45) is 13.8. The number of unbranched alkanes of at least 4 members (excludes halogenated alkanes) is 6. The fourth-order valence-corrected chi connectivity index (χ4v) is 2.67. The minimum absolute atomic E-state index is 0.0192. The molecule has 0 bridgehead atoms. The van der Waals surface area contributed by atoms with Crippen LogP contribution in [0.15, 0.2) is 24.3 Å². The molecule has 0 aromatic carbocycles. The number of hydrogen-bond donors (Lipinski definition) is 0. The third-order valence-electron chi connectivity index (χ3n) is 4.37. The monoisotopic (exact) mass is 350 g/mol. The molecule has 3 nitrogen and oxygen atoms in total. The molecule has 1 unspecified atom stereocenters. The fourth-order valence-electron chi connectivity index (χ4n) is 2.67. The van der Waals surface area contributed by atoms with E-state index in [0.29, 0.717) is 12.8 Å². The third kappa shape index (κ3) is 13.6. The summed E-state index contributed by atoms with van der Waals surface area (Å²) in [6, 6.07) is 0. The van der Waals surface area contributed by atoms with Gasteiger partial charge in [0.05, 0.1) is 0 Å². The van der Waals surface area contributed by atoms with Crippen molar-refractivity contribution in [2.45, 2.75) is 104 Å². The van der Waals surface area contributed by atoms with Crippen molar-refractivity contribution in [1.29, 1.82) is 0 Å². The first-order chi connectivity index (χ1) is 11.8. The standard InChI is InChI=1S/C22H38O3/c1-6-8-9-10-11-12-13-16-20(23)18-21(24)25-22(5,7-2)17-14-15-19(3)4/h7,15H,2,6,8-14,16-18H2,1,3-5H3. The number of carbonyl (C=O) groups excluding carboxylic acids is 2. The van der Waals surface area contributed by atoms with E-state index in [0.717, 1.165) is 19.3 Å². The number of ether oxygens (including phenoxy) is 1. The van der Waals surface area contributed by atoms with Gasteiger partial charge in [-0.2, -0.15) is 0 Å². The van der Waals surface area contributed by atoms with E-state index in [9.17, 15) is 9.59 Å². The molecule has 0 N–H and O–H groups in total. The van der Waals surface area contributed by atoms with Crippen molar-refractivity contribution < 1.29 is 14.3 Å². The van der Waals surface area contributed by atoms with Crippen LogP contribution >= 0.6 is 0 Å². The lowest BCUT2D eigenvalue weighted by Crippen LogP contribution is -2.30. The molecule has 0 aliphatic carbocycles. The maximum absolute atomic E-state index is 12.0. The Hall–Kier alpha value is -1.38. The molecule has 144 valence electrons. The van der Waals surface area contributed by atoms with Gasteiger partial charge in [-0.15, -0.1) is 0 Å². The Labute approximate surface area is 154 Å². The van der Waals surface area contributed by atoms with Crippen LogP contribution in [0.1, 0.15) is 98.3 Å². The van der Waals surface area contributed by atoms with Gasteiger partial charge in [-0.25, -0.2) is 0 Å². The molecule has 25 heavy (non-hydrogen) atoms. The summed E-state index contributed by atoms with van der Waals surface area (Å²) in [5.41, 5.74) is 0.533. The highest BCUT2D eigenvalue weighted by atomic mass is 16.6. The maximum atomic E-state index is 12.0. The van der Waals surface area contributed by atoms with Gasteiger partial charge in [0.2, 0.25) is 0 Å². The normalized spacial score (nSPS) is 13.0. The van der Waals surface area contributed by atoms with Crippen LogP contribution < -0.4 is 0 Å². The van der Waals surface area contributed by atoms with Crippen LogP contribution in [0.2, 0.25) is 0 Å².